The number of anilines is 1. The first kappa shape index (κ1) is 15.1. The molecule has 0 radical (unpaired) electrons. The van der Waals surface area contributed by atoms with Crippen molar-refractivity contribution >= 4 is 5.82 Å². The van der Waals surface area contributed by atoms with Gasteiger partial charge in [0.2, 0.25) is 0 Å². The van der Waals surface area contributed by atoms with Gasteiger partial charge in [0.15, 0.2) is 0 Å². The molecule has 112 valence electrons. The van der Waals surface area contributed by atoms with E-state index in [1.165, 1.54) is 25.7 Å². The van der Waals surface area contributed by atoms with Crippen LogP contribution in [-0.2, 0) is 11.2 Å². The molecule has 1 saturated carbocycles. The van der Waals surface area contributed by atoms with Gasteiger partial charge in [-0.15, -0.1) is 0 Å². The van der Waals surface area contributed by atoms with Crippen molar-refractivity contribution in [1.29, 1.82) is 0 Å². The van der Waals surface area contributed by atoms with Crippen molar-refractivity contribution in [2.45, 2.75) is 44.4 Å². The Kier molecular flexibility index (Phi) is 5.64. The van der Waals surface area contributed by atoms with E-state index >= 15 is 0 Å². The average molecular weight is 285 g/mol. The Morgan fingerprint density at radius 1 is 1.35 bits per heavy atom. The molecule has 1 aromatic rings. The van der Waals surface area contributed by atoms with Crippen LogP contribution in [0.15, 0.2) is 6.07 Å². The van der Waals surface area contributed by atoms with Gasteiger partial charge in [-0.2, -0.15) is 0 Å². The van der Waals surface area contributed by atoms with Crippen LogP contribution in [0.1, 0.15) is 43.1 Å². The Labute approximate surface area is 118 Å². The maximum atomic E-state index is 12.0. The first-order chi connectivity index (χ1) is 9.69. The van der Waals surface area contributed by atoms with E-state index in [9.17, 15) is 8.78 Å². The minimum atomic E-state index is -2.42. The number of halogens is 2. The Morgan fingerprint density at radius 3 is 2.75 bits per heavy atom. The lowest BCUT2D eigenvalue weighted by atomic mass is 10.0. The molecular weight excluding hydrogens is 264 g/mol. The van der Waals surface area contributed by atoms with Gasteiger partial charge in [0, 0.05) is 31.1 Å². The maximum Gasteiger partial charge on any atom is 0.261 e. The largest absolute Gasteiger partial charge is 0.375 e. The molecule has 20 heavy (non-hydrogen) atoms. The highest BCUT2D eigenvalue weighted by atomic mass is 19.3. The highest BCUT2D eigenvalue weighted by Crippen LogP contribution is 2.33. The number of rotatable bonds is 7. The van der Waals surface area contributed by atoms with E-state index in [0.717, 1.165) is 11.5 Å². The Bertz CT molecular complexity index is 423. The standard InChI is InChI=1S/C14H21F2N3O/c1-17-14-8-11(10-4-2-3-5-10)18-13(19-14)6-7-20-9-12(15)16/h8,10,12H,2-7,9H2,1H3,(H,17,18,19). The quantitative estimate of drug-likeness (QED) is 0.782. The van der Waals surface area contributed by atoms with Gasteiger partial charge in [-0.3, -0.25) is 0 Å². The zero-order valence-electron chi connectivity index (χ0n) is 11.7. The van der Waals surface area contributed by atoms with E-state index < -0.39 is 13.0 Å². The number of ether oxygens (including phenoxy) is 1. The molecule has 4 nitrogen and oxygen atoms in total. The van der Waals surface area contributed by atoms with Crippen molar-refractivity contribution in [3.8, 4) is 0 Å². The summed E-state index contributed by atoms with van der Waals surface area (Å²) < 4.78 is 28.9. The van der Waals surface area contributed by atoms with Gasteiger partial charge in [-0.05, 0) is 12.8 Å². The summed E-state index contributed by atoms with van der Waals surface area (Å²) in [6.07, 6.45) is 2.87. The van der Waals surface area contributed by atoms with Crippen LogP contribution >= 0.6 is 0 Å². The minimum Gasteiger partial charge on any atom is -0.375 e. The highest BCUT2D eigenvalue weighted by Gasteiger charge is 2.19. The molecule has 0 amide bonds. The van der Waals surface area contributed by atoms with E-state index in [-0.39, 0.29) is 6.61 Å². The van der Waals surface area contributed by atoms with Crippen LogP contribution in [-0.4, -0.2) is 36.7 Å². The second-order valence-electron chi connectivity index (χ2n) is 5.04. The first-order valence-corrected chi connectivity index (χ1v) is 7.10. The molecule has 0 saturated heterocycles. The Hall–Kier alpha value is -1.30. The lowest BCUT2D eigenvalue weighted by Gasteiger charge is -2.12. The summed E-state index contributed by atoms with van der Waals surface area (Å²) in [6, 6.07) is 1.99. The predicted octanol–water partition coefficient (Wildman–Crippen LogP) is 3.00. The fourth-order valence-electron chi connectivity index (χ4n) is 2.52. The number of hydrogen-bond donors (Lipinski definition) is 1. The molecule has 1 aliphatic rings. The number of alkyl halides is 2. The summed E-state index contributed by atoms with van der Waals surface area (Å²) in [5.41, 5.74) is 1.06. The molecule has 0 aromatic carbocycles. The van der Waals surface area contributed by atoms with Crippen LogP contribution in [0.4, 0.5) is 14.6 Å². The van der Waals surface area contributed by atoms with Gasteiger partial charge >= 0.3 is 0 Å². The lowest BCUT2D eigenvalue weighted by Crippen LogP contribution is -2.11. The van der Waals surface area contributed by atoms with Crippen LogP contribution in [0.25, 0.3) is 0 Å². The summed E-state index contributed by atoms with van der Waals surface area (Å²) in [6.45, 7) is -0.303. The molecule has 0 atom stereocenters. The fraction of sp³-hybridized carbons (Fsp3) is 0.714. The molecule has 0 aliphatic heterocycles. The highest BCUT2D eigenvalue weighted by molar-refractivity contribution is 5.36. The summed E-state index contributed by atoms with van der Waals surface area (Å²) in [5.74, 6) is 1.95. The minimum absolute atomic E-state index is 0.224. The van der Waals surface area contributed by atoms with E-state index in [2.05, 4.69) is 15.3 Å². The molecule has 1 aliphatic carbocycles. The zero-order valence-corrected chi connectivity index (χ0v) is 11.7. The molecule has 2 rings (SSSR count). The Morgan fingerprint density at radius 2 is 2.10 bits per heavy atom. The van der Waals surface area contributed by atoms with Crippen molar-refractivity contribution in [2.75, 3.05) is 25.6 Å². The molecule has 0 bridgehead atoms. The monoisotopic (exact) mass is 285 g/mol. The van der Waals surface area contributed by atoms with Gasteiger partial charge in [0.05, 0.1) is 6.61 Å². The van der Waals surface area contributed by atoms with Crippen LogP contribution in [0.3, 0.4) is 0 Å². The molecule has 6 heteroatoms. The third-order valence-electron chi connectivity index (χ3n) is 3.54. The molecule has 1 heterocycles. The summed E-state index contributed by atoms with van der Waals surface area (Å²) in [4.78, 5) is 8.91. The Balaban J connectivity index is 1.98. The van der Waals surface area contributed by atoms with Crippen molar-refractivity contribution in [3.05, 3.63) is 17.6 Å². The molecule has 0 spiro atoms. The fourth-order valence-corrected chi connectivity index (χ4v) is 2.52. The number of aromatic nitrogens is 2. The third kappa shape index (κ3) is 4.37. The van der Waals surface area contributed by atoms with E-state index in [0.29, 0.717) is 18.2 Å². The van der Waals surface area contributed by atoms with Crippen LogP contribution in [0, 0.1) is 0 Å². The number of hydrogen-bond acceptors (Lipinski definition) is 4. The van der Waals surface area contributed by atoms with Crippen LogP contribution in [0.2, 0.25) is 0 Å². The summed E-state index contributed by atoms with van der Waals surface area (Å²) >= 11 is 0. The molecule has 1 fully saturated rings. The molecule has 1 aromatic heterocycles. The van der Waals surface area contributed by atoms with Crippen molar-refractivity contribution < 1.29 is 13.5 Å². The molecule has 1 N–H and O–H groups in total. The predicted molar refractivity (Wildman–Crippen MR) is 73.3 cm³/mol. The number of nitrogens with one attached hydrogen (secondary N) is 1. The van der Waals surface area contributed by atoms with Gasteiger partial charge in [-0.1, -0.05) is 12.8 Å². The van der Waals surface area contributed by atoms with E-state index in [4.69, 9.17) is 4.74 Å². The third-order valence-corrected chi connectivity index (χ3v) is 3.54. The molecule has 0 unspecified atom stereocenters. The average Bonchev–Trinajstić information content (AvgIpc) is 2.97. The van der Waals surface area contributed by atoms with Crippen LogP contribution < -0.4 is 5.32 Å². The van der Waals surface area contributed by atoms with E-state index in [1.54, 1.807) is 0 Å². The lowest BCUT2D eigenvalue weighted by molar-refractivity contribution is 0.0183. The SMILES string of the molecule is CNc1cc(C2CCCC2)nc(CCOCC(F)F)n1. The zero-order chi connectivity index (χ0) is 14.4. The van der Waals surface area contributed by atoms with Gasteiger partial charge < -0.3 is 10.1 Å². The summed E-state index contributed by atoms with van der Waals surface area (Å²) in [7, 11) is 1.82. The normalized spacial score (nSPS) is 16.0. The maximum absolute atomic E-state index is 12.0. The van der Waals surface area contributed by atoms with Crippen LogP contribution in [0.5, 0.6) is 0 Å². The summed E-state index contributed by atoms with van der Waals surface area (Å²) in [5, 5.41) is 3.03. The van der Waals surface area contributed by atoms with Gasteiger partial charge in [-0.25, -0.2) is 18.7 Å². The second kappa shape index (κ2) is 7.47. The van der Waals surface area contributed by atoms with Gasteiger partial charge in [0.25, 0.3) is 6.43 Å². The van der Waals surface area contributed by atoms with Crippen molar-refractivity contribution in [1.82, 2.24) is 9.97 Å². The molecular formula is C14H21F2N3O. The van der Waals surface area contributed by atoms with Gasteiger partial charge in [0.1, 0.15) is 18.2 Å². The van der Waals surface area contributed by atoms with E-state index in [1.807, 2.05) is 13.1 Å². The second-order valence-corrected chi connectivity index (χ2v) is 5.04. The van der Waals surface area contributed by atoms with Crippen molar-refractivity contribution in [2.24, 2.45) is 0 Å². The smallest absolute Gasteiger partial charge is 0.261 e. The van der Waals surface area contributed by atoms with Crippen molar-refractivity contribution in [3.63, 3.8) is 0 Å². The topological polar surface area (TPSA) is 47.0 Å². The first-order valence-electron chi connectivity index (χ1n) is 7.10. The number of nitrogens with zero attached hydrogens (tertiary/aromatic N) is 2.